The van der Waals surface area contributed by atoms with Crippen molar-refractivity contribution < 1.29 is 9.53 Å². The first kappa shape index (κ1) is 15.1. The maximum absolute atomic E-state index is 12.0. The van der Waals surface area contributed by atoms with Gasteiger partial charge in [-0.25, -0.2) is 4.79 Å². The Bertz CT molecular complexity index is 772. The lowest BCUT2D eigenvalue weighted by atomic mass is 9.76. The van der Waals surface area contributed by atoms with Gasteiger partial charge in [0.25, 0.3) is 0 Å². The number of fused-ring (bicyclic) bond motifs is 1. The fraction of sp³-hybridized carbons (Fsp3) is 0.350. The van der Waals surface area contributed by atoms with E-state index in [1.54, 1.807) is 0 Å². The van der Waals surface area contributed by atoms with Crippen molar-refractivity contribution in [3.05, 3.63) is 59.2 Å². The van der Waals surface area contributed by atoms with Gasteiger partial charge in [0.1, 0.15) is 0 Å². The molecule has 24 heavy (non-hydrogen) atoms. The van der Waals surface area contributed by atoms with Gasteiger partial charge < -0.3 is 15.4 Å². The third kappa shape index (κ3) is 2.62. The number of hydrogen-bond acceptors (Lipinski definition) is 3. The average Bonchev–Trinajstić information content (AvgIpc) is 2.75. The van der Waals surface area contributed by atoms with Gasteiger partial charge in [0.15, 0.2) is 0 Å². The Kier molecular flexibility index (Phi) is 3.89. The lowest BCUT2D eigenvalue weighted by Crippen LogP contribution is -2.42. The lowest BCUT2D eigenvalue weighted by Gasteiger charge is -2.34. The summed E-state index contributed by atoms with van der Waals surface area (Å²) in [6, 6.07) is 15.0. The zero-order valence-electron chi connectivity index (χ0n) is 13.8. The van der Waals surface area contributed by atoms with Gasteiger partial charge in [-0.15, -0.1) is 0 Å². The zero-order valence-corrected chi connectivity index (χ0v) is 13.8. The third-order valence-electron chi connectivity index (χ3n) is 5.08. The lowest BCUT2D eigenvalue weighted by molar-refractivity contribution is 0.145. The van der Waals surface area contributed by atoms with E-state index in [-0.39, 0.29) is 18.1 Å². The number of carbonyl (C=O) groups excluding carboxylic acids is 1. The van der Waals surface area contributed by atoms with Crippen molar-refractivity contribution in [3.63, 3.8) is 0 Å². The fourth-order valence-corrected chi connectivity index (χ4v) is 4.03. The molecule has 2 N–H and O–H groups in total. The summed E-state index contributed by atoms with van der Waals surface area (Å²) in [5.74, 6) is 0.269. The molecule has 2 atom stereocenters. The Morgan fingerprint density at radius 1 is 1.17 bits per heavy atom. The SMILES string of the molecule is CCOC(=O)N[C@@H]1CCc2cccc3c2[C@@H]1Cc1ccccc1N3. The minimum absolute atomic E-state index is 0.102. The fourth-order valence-electron chi connectivity index (χ4n) is 4.03. The first-order valence-electron chi connectivity index (χ1n) is 8.66. The molecular formula is C20H22N2O2. The summed E-state index contributed by atoms with van der Waals surface area (Å²) in [5.41, 5.74) is 6.36. The van der Waals surface area contributed by atoms with Gasteiger partial charge >= 0.3 is 6.09 Å². The standard InChI is InChI=1S/C20H22N2O2/c1-2-24-20(23)22-17-11-10-13-7-5-9-18-19(13)15(17)12-14-6-3-4-8-16(14)21-18/h3-9,15,17,21H,2,10-12H2,1H3,(H,22,23)/t15-,17-/m1/s1. The van der Waals surface area contributed by atoms with E-state index >= 15 is 0 Å². The zero-order chi connectivity index (χ0) is 16.5. The van der Waals surface area contributed by atoms with E-state index in [1.165, 1.54) is 16.7 Å². The Balaban J connectivity index is 1.74. The number of alkyl carbamates (subject to hydrolysis) is 1. The summed E-state index contributed by atoms with van der Waals surface area (Å²) in [4.78, 5) is 12.0. The molecule has 0 saturated heterocycles. The van der Waals surface area contributed by atoms with Crippen LogP contribution in [0.2, 0.25) is 0 Å². The molecule has 2 aromatic rings. The van der Waals surface area contributed by atoms with Crippen molar-refractivity contribution in [2.24, 2.45) is 0 Å². The summed E-state index contributed by atoms with van der Waals surface area (Å²) in [7, 11) is 0. The van der Waals surface area contributed by atoms with Crippen LogP contribution in [0.25, 0.3) is 0 Å². The molecule has 0 unspecified atom stereocenters. The molecule has 0 bridgehead atoms. The van der Waals surface area contributed by atoms with E-state index in [4.69, 9.17) is 4.74 Å². The van der Waals surface area contributed by atoms with Gasteiger partial charge in [0.05, 0.1) is 6.61 Å². The number of ether oxygens (including phenoxy) is 1. The second kappa shape index (κ2) is 6.19. The van der Waals surface area contributed by atoms with Crippen LogP contribution in [0.4, 0.5) is 16.2 Å². The highest BCUT2D eigenvalue weighted by Crippen LogP contribution is 2.43. The van der Waals surface area contributed by atoms with Crippen LogP contribution in [0, 0.1) is 0 Å². The van der Waals surface area contributed by atoms with E-state index < -0.39 is 0 Å². The molecule has 124 valence electrons. The summed E-state index contributed by atoms with van der Waals surface area (Å²) in [6.07, 6.45) is 2.54. The van der Waals surface area contributed by atoms with Crippen molar-refractivity contribution in [1.82, 2.24) is 5.32 Å². The van der Waals surface area contributed by atoms with E-state index in [1.807, 2.05) is 6.92 Å². The largest absolute Gasteiger partial charge is 0.450 e. The maximum Gasteiger partial charge on any atom is 0.407 e. The summed E-state index contributed by atoms with van der Waals surface area (Å²) in [6.45, 7) is 2.23. The van der Waals surface area contributed by atoms with E-state index in [0.29, 0.717) is 6.61 Å². The molecule has 0 spiro atoms. The second-order valence-corrected chi connectivity index (χ2v) is 6.48. The first-order valence-corrected chi connectivity index (χ1v) is 8.66. The highest BCUT2D eigenvalue weighted by molar-refractivity contribution is 5.72. The topological polar surface area (TPSA) is 50.4 Å². The predicted molar refractivity (Wildman–Crippen MR) is 94.9 cm³/mol. The van der Waals surface area contributed by atoms with E-state index in [0.717, 1.165) is 30.6 Å². The first-order chi connectivity index (χ1) is 11.8. The van der Waals surface area contributed by atoms with Crippen molar-refractivity contribution in [2.45, 2.75) is 38.1 Å². The number of anilines is 2. The molecule has 0 aromatic heterocycles. The Morgan fingerprint density at radius 3 is 2.83 bits per heavy atom. The molecule has 4 heteroatoms. The molecule has 2 aliphatic rings. The second-order valence-electron chi connectivity index (χ2n) is 6.48. The number of benzene rings is 2. The smallest absolute Gasteiger partial charge is 0.407 e. The van der Waals surface area contributed by atoms with Gasteiger partial charge in [0.2, 0.25) is 0 Å². The minimum Gasteiger partial charge on any atom is -0.450 e. The Hall–Kier alpha value is -2.49. The van der Waals surface area contributed by atoms with Crippen molar-refractivity contribution in [3.8, 4) is 0 Å². The minimum atomic E-state index is -0.311. The average molecular weight is 322 g/mol. The molecule has 1 aliphatic heterocycles. The predicted octanol–water partition coefficient (Wildman–Crippen LogP) is 4.13. The summed E-state index contributed by atoms with van der Waals surface area (Å²) in [5, 5.41) is 6.69. The molecule has 0 fully saturated rings. The monoisotopic (exact) mass is 322 g/mol. The number of nitrogens with one attached hydrogen (secondary N) is 2. The quantitative estimate of drug-likeness (QED) is 0.874. The molecule has 1 heterocycles. The highest BCUT2D eigenvalue weighted by Gasteiger charge is 2.35. The summed E-state index contributed by atoms with van der Waals surface area (Å²) < 4.78 is 5.11. The Labute approximate surface area is 142 Å². The highest BCUT2D eigenvalue weighted by atomic mass is 16.5. The maximum atomic E-state index is 12.0. The van der Waals surface area contributed by atoms with Crippen LogP contribution in [0.1, 0.15) is 36.0 Å². The number of para-hydroxylation sites is 1. The van der Waals surface area contributed by atoms with Gasteiger partial charge in [-0.2, -0.15) is 0 Å². The van der Waals surface area contributed by atoms with Crippen molar-refractivity contribution >= 4 is 17.5 Å². The molecule has 1 amide bonds. The number of hydrogen-bond donors (Lipinski definition) is 2. The van der Waals surface area contributed by atoms with Gasteiger partial charge in [-0.1, -0.05) is 30.3 Å². The molecule has 0 radical (unpaired) electrons. The Morgan fingerprint density at radius 2 is 1.96 bits per heavy atom. The number of rotatable bonds is 2. The van der Waals surface area contributed by atoms with Gasteiger partial charge in [-0.3, -0.25) is 0 Å². The molecule has 2 aromatic carbocycles. The van der Waals surface area contributed by atoms with Crippen LogP contribution in [-0.2, 0) is 17.6 Å². The van der Waals surface area contributed by atoms with Crippen LogP contribution in [0.5, 0.6) is 0 Å². The van der Waals surface area contributed by atoms with Crippen molar-refractivity contribution in [1.29, 1.82) is 0 Å². The molecule has 4 nitrogen and oxygen atoms in total. The molecule has 4 rings (SSSR count). The third-order valence-corrected chi connectivity index (χ3v) is 5.08. The molecule has 0 saturated carbocycles. The number of amides is 1. The van der Waals surface area contributed by atoms with Gasteiger partial charge in [0, 0.05) is 23.3 Å². The van der Waals surface area contributed by atoms with Crippen LogP contribution in [0.15, 0.2) is 42.5 Å². The van der Waals surface area contributed by atoms with Crippen molar-refractivity contribution in [2.75, 3.05) is 11.9 Å². The van der Waals surface area contributed by atoms with Gasteiger partial charge in [-0.05, 0) is 55.0 Å². The molecular weight excluding hydrogens is 300 g/mol. The number of carbonyl (C=O) groups is 1. The van der Waals surface area contributed by atoms with E-state index in [2.05, 4.69) is 53.1 Å². The number of aryl methyl sites for hydroxylation is 1. The van der Waals surface area contributed by atoms with E-state index in [9.17, 15) is 4.79 Å². The van der Waals surface area contributed by atoms with Crippen LogP contribution < -0.4 is 10.6 Å². The molecule has 1 aliphatic carbocycles. The van der Waals surface area contributed by atoms with Crippen LogP contribution >= 0.6 is 0 Å². The summed E-state index contributed by atoms with van der Waals surface area (Å²) >= 11 is 0. The van der Waals surface area contributed by atoms with Crippen LogP contribution in [-0.4, -0.2) is 18.7 Å². The van der Waals surface area contributed by atoms with Crippen LogP contribution in [0.3, 0.4) is 0 Å². The normalized spacial score (nSPS) is 20.9.